The minimum absolute atomic E-state index is 0.132. The Morgan fingerprint density at radius 1 is 1.12 bits per heavy atom. The maximum absolute atomic E-state index is 12.9. The molecule has 26 heavy (non-hydrogen) atoms. The van der Waals surface area contributed by atoms with Crippen LogP contribution in [0.2, 0.25) is 0 Å². The van der Waals surface area contributed by atoms with Crippen LogP contribution in [-0.4, -0.2) is 60.4 Å². The number of nitrogens with one attached hydrogen (secondary N) is 1. The zero-order chi connectivity index (χ0) is 18.7. The molecule has 1 saturated carbocycles. The van der Waals surface area contributed by atoms with E-state index in [0.717, 1.165) is 51.4 Å². The second kappa shape index (κ2) is 8.57. The van der Waals surface area contributed by atoms with Crippen LogP contribution in [-0.2, 0) is 9.53 Å². The third-order valence-electron chi connectivity index (χ3n) is 6.82. The Balaban J connectivity index is 1.49. The van der Waals surface area contributed by atoms with Crippen LogP contribution in [0.1, 0.15) is 65.7 Å². The van der Waals surface area contributed by atoms with Gasteiger partial charge in [-0.25, -0.2) is 0 Å². The fraction of sp³-hybridized carbons (Fsp3) is 0.952. The van der Waals surface area contributed by atoms with Gasteiger partial charge in [0.15, 0.2) is 0 Å². The number of carbonyl (C=O) groups is 1. The predicted molar refractivity (Wildman–Crippen MR) is 103 cm³/mol. The number of nitrogens with zero attached hydrogens (tertiary/aromatic N) is 1. The molecule has 0 aromatic heterocycles. The lowest BCUT2D eigenvalue weighted by Gasteiger charge is -2.38. The van der Waals surface area contributed by atoms with Crippen LogP contribution >= 0.6 is 0 Å². The molecule has 1 aliphatic carbocycles. The number of aliphatic hydroxyl groups is 1. The highest BCUT2D eigenvalue weighted by molar-refractivity contribution is 5.82. The number of hydrogen-bond acceptors (Lipinski definition) is 4. The second-order valence-corrected chi connectivity index (χ2v) is 9.84. The van der Waals surface area contributed by atoms with Gasteiger partial charge in [0.05, 0.1) is 12.1 Å². The van der Waals surface area contributed by atoms with Crippen molar-refractivity contribution >= 4 is 5.91 Å². The van der Waals surface area contributed by atoms with E-state index in [0.29, 0.717) is 30.3 Å². The molecular weight excluding hydrogens is 328 g/mol. The quantitative estimate of drug-likeness (QED) is 0.803. The molecule has 5 nitrogen and oxygen atoms in total. The fourth-order valence-corrected chi connectivity index (χ4v) is 5.02. The summed E-state index contributed by atoms with van der Waals surface area (Å²) in [5, 5.41) is 13.4. The summed E-state index contributed by atoms with van der Waals surface area (Å²) in [6.45, 7) is 10.2. The van der Waals surface area contributed by atoms with E-state index >= 15 is 0 Å². The molecule has 0 unspecified atom stereocenters. The molecule has 150 valence electrons. The molecule has 5 heteroatoms. The number of carbonyl (C=O) groups excluding carboxylic acids is 1. The fourth-order valence-electron chi connectivity index (χ4n) is 5.02. The van der Waals surface area contributed by atoms with Gasteiger partial charge in [0, 0.05) is 32.3 Å². The van der Waals surface area contributed by atoms with Gasteiger partial charge in [-0.3, -0.25) is 9.69 Å². The number of ether oxygens (including phenoxy) is 1. The molecule has 2 heterocycles. The molecule has 2 N–H and O–H groups in total. The maximum Gasteiger partial charge on any atom is 0.237 e. The van der Waals surface area contributed by atoms with Crippen LogP contribution in [0, 0.1) is 17.3 Å². The zero-order valence-electron chi connectivity index (χ0n) is 16.9. The van der Waals surface area contributed by atoms with Gasteiger partial charge >= 0.3 is 0 Å². The molecule has 1 amide bonds. The molecule has 0 radical (unpaired) electrons. The van der Waals surface area contributed by atoms with E-state index in [1.807, 2.05) is 0 Å². The smallest absolute Gasteiger partial charge is 0.237 e. The van der Waals surface area contributed by atoms with Crippen LogP contribution in [0.3, 0.4) is 0 Å². The molecule has 0 spiro atoms. The van der Waals surface area contributed by atoms with E-state index in [4.69, 9.17) is 4.74 Å². The molecule has 3 aliphatic rings. The summed E-state index contributed by atoms with van der Waals surface area (Å²) in [6.07, 6.45) is 6.91. The van der Waals surface area contributed by atoms with Crippen molar-refractivity contribution in [3.63, 3.8) is 0 Å². The van der Waals surface area contributed by atoms with Crippen molar-refractivity contribution in [2.45, 2.75) is 83.9 Å². The lowest BCUT2D eigenvalue weighted by Crippen LogP contribution is -2.49. The van der Waals surface area contributed by atoms with Crippen LogP contribution in [0.25, 0.3) is 0 Å². The summed E-state index contributed by atoms with van der Waals surface area (Å²) in [5.74, 6) is 1.48. The van der Waals surface area contributed by atoms with E-state index in [9.17, 15) is 9.90 Å². The van der Waals surface area contributed by atoms with Crippen LogP contribution in [0.4, 0.5) is 0 Å². The van der Waals surface area contributed by atoms with E-state index in [2.05, 4.69) is 31.0 Å². The first kappa shape index (κ1) is 20.1. The van der Waals surface area contributed by atoms with Crippen molar-refractivity contribution < 1.29 is 14.6 Å². The Morgan fingerprint density at radius 3 is 2.38 bits per heavy atom. The van der Waals surface area contributed by atoms with Gasteiger partial charge in [-0.1, -0.05) is 20.8 Å². The molecule has 3 fully saturated rings. The molecule has 3 rings (SSSR count). The number of likely N-dealkylation sites (tertiary alicyclic amines) is 1. The molecule has 2 saturated heterocycles. The summed E-state index contributed by atoms with van der Waals surface area (Å²) < 4.78 is 5.45. The minimum Gasteiger partial charge on any atom is -0.392 e. The summed E-state index contributed by atoms with van der Waals surface area (Å²) in [7, 11) is 0. The lowest BCUT2D eigenvalue weighted by molar-refractivity contribution is -0.126. The number of amides is 1. The highest BCUT2D eigenvalue weighted by Crippen LogP contribution is 2.37. The Kier molecular flexibility index (Phi) is 6.63. The van der Waals surface area contributed by atoms with E-state index in [1.165, 1.54) is 12.8 Å². The Labute approximate surface area is 158 Å². The minimum atomic E-state index is -0.373. The van der Waals surface area contributed by atoms with Gasteiger partial charge < -0.3 is 15.2 Å². The van der Waals surface area contributed by atoms with Crippen molar-refractivity contribution in [3.8, 4) is 0 Å². The first-order valence-corrected chi connectivity index (χ1v) is 10.6. The Morgan fingerprint density at radius 2 is 1.77 bits per heavy atom. The number of hydrogen-bond donors (Lipinski definition) is 2. The number of aliphatic hydroxyl groups excluding tert-OH is 1. The Hall–Kier alpha value is -0.650. The van der Waals surface area contributed by atoms with Gasteiger partial charge in [0.1, 0.15) is 0 Å². The van der Waals surface area contributed by atoms with E-state index in [-0.39, 0.29) is 18.1 Å². The second-order valence-electron chi connectivity index (χ2n) is 9.84. The zero-order valence-corrected chi connectivity index (χ0v) is 16.9. The summed E-state index contributed by atoms with van der Waals surface area (Å²) in [5.41, 5.74) is 0.366. The molecule has 2 atom stereocenters. The average Bonchev–Trinajstić information content (AvgIpc) is 2.96. The first-order chi connectivity index (χ1) is 12.3. The van der Waals surface area contributed by atoms with Crippen molar-refractivity contribution in [2.75, 3.05) is 26.3 Å². The van der Waals surface area contributed by atoms with Gasteiger partial charge in [0.25, 0.3) is 0 Å². The highest BCUT2D eigenvalue weighted by atomic mass is 16.5. The topological polar surface area (TPSA) is 61.8 Å². The first-order valence-electron chi connectivity index (χ1n) is 10.6. The molecule has 0 bridgehead atoms. The van der Waals surface area contributed by atoms with Gasteiger partial charge in [-0.15, -0.1) is 0 Å². The van der Waals surface area contributed by atoms with Crippen LogP contribution in [0.15, 0.2) is 0 Å². The normalized spacial score (nSPS) is 34.8. The summed E-state index contributed by atoms with van der Waals surface area (Å²) in [4.78, 5) is 15.1. The van der Waals surface area contributed by atoms with Crippen molar-refractivity contribution in [2.24, 2.45) is 17.3 Å². The third kappa shape index (κ3) is 5.20. The summed E-state index contributed by atoms with van der Waals surface area (Å²) >= 11 is 0. The van der Waals surface area contributed by atoms with Crippen molar-refractivity contribution in [3.05, 3.63) is 0 Å². The van der Waals surface area contributed by atoms with Crippen LogP contribution in [0.5, 0.6) is 0 Å². The van der Waals surface area contributed by atoms with Gasteiger partial charge in [-0.05, 0) is 62.2 Å². The largest absolute Gasteiger partial charge is 0.392 e. The highest BCUT2D eigenvalue weighted by Gasteiger charge is 2.38. The monoisotopic (exact) mass is 366 g/mol. The van der Waals surface area contributed by atoms with Crippen LogP contribution < -0.4 is 5.32 Å². The van der Waals surface area contributed by atoms with Gasteiger partial charge in [-0.2, -0.15) is 0 Å². The van der Waals surface area contributed by atoms with Crippen molar-refractivity contribution in [1.29, 1.82) is 0 Å². The maximum atomic E-state index is 12.9. The molecule has 2 aliphatic heterocycles. The SMILES string of the molecule is CC(C)(C)C1CCC(NC(=O)[C@@H]2C[C@H](O)CN2CC2CCOCC2)CC1. The average molecular weight is 367 g/mol. The third-order valence-corrected chi connectivity index (χ3v) is 6.82. The standard InChI is InChI=1S/C21H38N2O3/c1-21(2,3)16-4-6-17(7-5-16)22-20(25)19-12-18(24)14-23(19)13-15-8-10-26-11-9-15/h15-19,24H,4-14H2,1-3H3,(H,22,25)/t16?,17?,18-,19-/m0/s1. The predicted octanol–water partition coefficient (Wildman–Crippen LogP) is 2.57. The number of β-amino-alcohol motifs (C(OH)–C–C–N with tert-alkyl or cyclic N) is 1. The molecular formula is C21H38N2O3. The molecule has 0 aromatic rings. The number of rotatable bonds is 4. The van der Waals surface area contributed by atoms with E-state index in [1.54, 1.807) is 0 Å². The summed E-state index contributed by atoms with van der Waals surface area (Å²) in [6, 6.07) is 0.150. The van der Waals surface area contributed by atoms with Crippen molar-refractivity contribution in [1.82, 2.24) is 10.2 Å². The van der Waals surface area contributed by atoms with Gasteiger partial charge in [0.2, 0.25) is 5.91 Å². The Bertz CT molecular complexity index is 462. The lowest BCUT2D eigenvalue weighted by atomic mass is 9.71. The molecule has 0 aromatic carbocycles. The van der Waals surface area contributed by atoms with E-state index < -0.39 is 0 Å².